The molecular weight excluding hydrogens is 486 g/mol. The third-order valence-corrected chi connectivity index (χ3v) is 8.79. The molecule has 1 atom stereocenters. The minimum absolute atomic E-state index is 0.107. The lowest BCUT2D eigenvalue weighted by Gasteiger charge is -2.43. The van der Waals surface area contributed by atoms with E-state index < -0.39 is 10.8 Å². The van der Waals surface area contributed by atoms with Crippen molar-refractivity contribution in [3.63, 3.8) is 0 Å². The van der Waals surface area contributed by atoms with E-state index in [0.29, 0.717) is 33.8 Å². The van der Waals surface area contributed by atoms with Gasteiger partial charge < -0.3 is 5.73 Å². The Morgan fingerprint density at radius 2 is 1.92 bits per heavy atom. The second-order valence-electron chi connectivity index (χ2n) is 10.7. The molecule has 0 saturated heterocycles. The van der Waals surface area contributed by atoms with Crippen molar-refractivity contribution in [1.29, 1.82) is 10.5 Å². The Balaban J connectivity index is 1.78. The Kier molecular flexibility index (Phi) is 6.13. The molecule has 2 N–H and O–H groups in total. The molecule has 5 rings (SSSR count). The van der Waals surface area contributed by atoms with Crippen LogP contribution in [-0.2, 0) is 17.6 Å². The molecule has 3 aliphatic rings. The van der Waals surface area contributed by atoms with Crippen molar-refractivity contribution < 1.29 is 9.72 Å². The Morgan fingerprint density at radius 1 is 1.16 bits per heavy atom. The Morgan fingerprint density at radius 3 is 2.62 bits per heavy atom. The fourth-order valence-corrected chi connectivity index (χ4v) is 7.27. The number of rotatable bonds is 3. The first-order valence-electron chi connectivity index (χ1n) is 12.4. The van der Waals surface area contributed by atoms with Gasteiger partial charge in [0.15, 0.2) is 5.78 Å². The zero-order valence-corrected chi connectivity index (χ0v) is 21.7. The van der Waals surface area contributed by atoms with E-state index in [9.17, 15) is 25.4 Å². The predicted molar refractivity (Wildman–Crippen MR) is 140 cm³/mol. The Hall–Kier alpha value is -3.95. The van der Waals surface area contributed by atoms with E-state index in [4.69, 9.17) is 5.73 Å². The first-order chi connectivity index (χ1) is 17.7. The summed E-state index contributed by atoms with van der Waals surface area (Å²) in [5, 5.41) is 32.7. The van der Waals surface area contributed by atoms with Crippen molar-refractivity contribution >= 4 is 27.8 Å². The van der Waals surface area contributed by atoms with Crippen molar-refractivity contribution in [2.24, 2.45) is 11.1 Å². The number of anilines is 1. The van der Waals surface area contributed by atoms with Crippen LogP contribution in [-0.4, -0.2) is 10.7 Å². The second kappa shape index (κ2) is 9.17. The molecule has 1 aromatic carbocycles. The fourth-order valence-electron chi connectivity index (χ4n) is 5.89. The highest BCUT2D eigenvalue weighted by atomic mass is 32.1. The zero-order chi connectivity index (χ0) is 26.5. The van der Waals surface area contributed by atoms with Crippen LogP contribution < -0.4 is 10.6 Å². The van der Waals surface area contributed by atoms with Crippen LogP contribution in [0, 0.1) is 38.2 Å². The summed E-state index contributed by atoms with van der Waals surface area (Å²) in [7, 11) is 0. The molecule has 0 radical (unpaired) electrons. The van der Waals surface area contributed by atoms with Crippen molar-refractivity contribution in [2.45, 2.75) is 64.7 Å². The number of nitriles is 2. The number of nitrogens with zero attached hydrogens (tertiary/aromatic N) is 4. The minimum atomic E-state index is -0.803. The highest BCUT2D eigenvalue weighted by Crippen LogP contribution is 2.52. The number of non-ortho nitro benzene ring substituents is 1. The van der Waals surface area contributed by atoms with Gasteiger partial charge in [-0.25, -0.2) is 0 Å². The topological polar surface area (TPSA) is 137 Å². The molecule has 0 bridgehead atoms. The van der Waals surface area contributed by atoms with Gasteiger partial charge in [0.05, 0.1) is 28.0 Å². The number of hydrogen-bond donors (Lipinski definition) is 1. The molecule has 188 valence electrons. The number of aryl methyl sites for hydroxylation is 1. The highest BCUT2D eigenvalue weighted by Gasteiger charge is 2.46. The van der Waals surface area contributed by atoms with Crippen LogP contribution in [0.15, 0.2) is 46.9 Å². The normalized spacial score (nSPS) is 21.0. The molecule has 0 spiro atoms. The van der Waals surface area contributed by atoms with E-state index in [1.165, 1.54) is 28.3 Å². The summed E-state index contributed by atoms with van der Waals surface area (Å²) < 4.78 is 0. The van der Waals surface area contributed by atoms with Gasteiger partial charge in [-0.3, -0.25) is 19.8 Å². The first kappa shape index (κ1) is 24.7. The quantitative estimate of drug-likeness (QED) is 0.314. The molecule has 1 aromatic heterocycles. The van der Waals surface area contributed by atoms with Crippen LogP contribution in [0.25, 0.3) is 0 Å². The van der Waals surface area contributed by atoms with Crippen LogP contribution >= 0.6 is 11.3 Å². The van der Waals surface area contributed by atoms with Gasteiger partial charge in [0.25, 0.3) is 5.69 Å². The second-order valence-corrected chi connectivity index (χ2v) is 11.8. The summed E-state index contributed by atoms with van der Waals surface area (Å²) in [5.41, 5.74) is 9.67. The van der Waals surface area contributed by atoms with E-state index in [-0.39, 0.29) is 34.7 Å². The maximum Gasteiger partial charge on any atom is 0.269 e. The van der Waals surface area contributed by atoms with Gasteiger partial charge in [-0.1, -0.05) is 32.4 Å². The molecule has 2 aromatic rings. The highest BCUT2D eigenvalue weighted by molar-refractivity contribution is 7.16. The third kappa shape index (κ3) is 4.10. The average Bonchev–Trinajstić information content (AvgIpc) is 3.02. The van der Waals surface area contributed by atoms with Crippen LogP contribution in [0.5, 0.6) is 0 Å². The van der Waals surface area contributed by atoms with E-state index in [2.05, 4.69) is 12.1 Å². The molecule has 0 fully saturated rings. The maximum absolute atomic E-state index is 13.7. The Labute approximate surface area is 219 Å². The fraction of sp³-hybridized carbons (Fsp3) is 0.393. The smallest absolute Gasteiger partial charge is 0.269 e. The number of Topliss-reactive ketones (excluding diaryl/α,β-unsaturated/α-hetero) is 1. The number of nitro groups is 1. The lowest BCUT2D eigenvalue weighted by molar-refractivity contribution is -0.384. The van der Waals surface area contributed by atoms with E-state index in [1.807, 2.05) is 13.8 Å². The number of nitro benzene ring substituents is 1. The lowest BCUT2D eigenvalue weighted by Crippen LogP contribution is -2.42. The SMILES string of the molecule is CC1(C)CC(=O)C2=C(C1)N(c1sc3c(c1C#N)CCCCC3)C(N)=C(C#N)[C@H]2c1cccc([N+](=O)[O-])c1. The van der Waals surface area contributed by atoms with Gasteiger partial charge in [-0.2, -0.15) is 10.5 Å². The number of carbonyl (C=O) groups excluding carboxylic acids is 1. The molecule has 9 heteroatoms. The molecule has 0 saturated carbocycles. The van der Waals surface area contributed by atoms with Crippen LogP contribution in [0.4, 0.5) is 10.7 Å². The van der Waals surface area contributed by atoms with Gasteiger partial charge in [0.1, 0.15) is 16.9 Å². The van der Waals surface area contributed by atoms with Crippen molar-refractivity contribution in [3.8, 4) is 12.1 Å². The molecular formula is C28H27N5O3S. The molecule has 2 heterocycles. The van der Waals surface area contributed by atoms with Crippen LogP contribution in [0.3, 0.4) is 0 Å². The van der Waals surface area contributed by atoms with Crippen LogP contribution in [0.2, 0.25) is 0 Å². The number of allylic oxidation sites excluding steroid dienone is 3. The standard InChI is InChI=1S/C28H27N5O3S/c1-28(2)12-21-25(22(34)13-28)24(16-7-6-8-17(11-16)33(35)36)20(15-30)26(31)32(21)27-19(14-29)18-9-4-3-5-10-23(18)37-27/h6-8,11,24H,3-5,9-10,12-13,31H2,1-2H3/t24-/m1/s1. The van der Waals surface area contributed by atoms with Crippen LogP contribution in [0.1, 0.15) is 73.4 Å². The van der Waals surface area contributed by atoms with E-state index in [1.54, 1.807) is 17.0 Å². The van der Waals surface area contributed by atoms with Gasteiger partial charge >= 0.3 is 0 Å². The third-order valence-electron chi connectivity index (χ3n) is 7.51. The number of benzene rings is 1. The Bertz CT molecular complexity index is 1480. The first-order valence-corrected chi connectivity index (χ1v) is 13.2. The summed E-state index contributed by atoms with van der Waals surface area (Å²) in [5.74, 6) is -0.733. The molecule has 0 unspecified atom stereocenters. The largest absolute Gasteiger partial charge is 0.384 e. The minimum Gasteiger partial charge on any atom is -0.384 e. The van der Waals surface area contributed by atoms with Gasteiger partial charge in [-0.15, -0.1) is 11.3 Å². The van der Waals surface area contributed by atoms with Crippen molar-refractivity contribution in [3.05, 3.63) is 78.6 Å². The summed E-state index contributed by atoms with van der Waals surface area (Å²) >= 11 is 1.53. The zero-order valence-electron chi connectivity index (χ0n) is 20.8. The number of hydrogen-bond acceptors (Lipinski definition) is 8. The van der Waals surface area contributed by atoms with E-state index >= 15 is 0 Å². The summed E-state index contributed by atoms with van der Waals surface area (Å²) in [6.07, 6.45) is 5.71. The number of nitrogens with two attached hydrogens (primary N) is 1. The number of thiophene rings is 1. The van der Waals surface area contributed by atoms with Gasteiger partial charge in [0, 0.05) is 34.7 Å². The number of carbonyl (C=O) groups is 1. The average molecular weight is 514 g/mol. The van der Waals surface area contributed by atoms with Gasteiger partial charge in [0.2, 0.25) is 0 Å². The summed E-state index contributed by atoms with van der Waals surface area (Å²) in [6, 6.07) is 10.7. The monoisotopic (exact) mass is 513 g/mol. The van der Waals surface area contributed by atoms with Crippen molar-refractivity contribution in [2.75, 3.05) is 4.90 Å². The maximum atomic E-state index is 13.7. The molecule has 2 aliphatic carbocycles. The van der Waals surface area contributed by atoms with E-state index in [0.717, 1.165) is 37.7 Å². The van der Waals surface area contributed by atoms with Crippen molar-refractivity contribution in [1.82, 2.24) is 0 Å². The molecule has 0 amide bonds. The molecule has 37 heavy (non-hydrogen) atoms. The molecule has 8 nitrogen and oxygen atoms in total. The lowest BCUT2D eigenvalue weighted by atomic mass is 9.68. The summed E-state index contributed by atoms with van der Waals surface area (Å²) in [4.78, 5) is 27.7. The predicted octanol–water partition coefficient (Wildman–Crippen LogP) is 5.74. The number of ketones is 1. The van der Waals surface area contributed by atoms with Gasteiger partial charge in [-0.05, 0) is 48.6 Å². The molecule has 1 aliphatic heterocycles. The number of fused-ring (bicyclic) bond motifs is 1. The summed E-state index contributed by atoms with van der Waals surface area (Å²) in [6.45, 7) is 4.04.